The fraction of sp³-hybridized carbons (Fsp3) is 0.545. The molecule has 2 nitrogen and oxygen atoms in total. The SMILES string of the molecule is Clc1cnc(NCC2CCCC2)c(Cl)c1. The van der Waals surface area contributed by atoms with Gasteiger partial charge in [-0.15, -0.1) is 0 Å². The second-order valence-electron chi connectivity index (χ2n) is 4.02. The van der Waals surface area contributed by atoms with Crippen LogP contribution in [0.2, 0.25) is 10.0 Å². The molecule has 0 spiro atoms. The van der Waals surface area contributed by atoms with E-state index in [9.17, 15) is 0 Å². The Bertz CT molecular complexity index is 335. The summed E-state index contributed by atoms with van der Waals surface area (Å²) in [7, 11) is 0. The van der Waals surface area contributed by atoms with Crippen LogP contribution < -0.4 is 5.32 Å². The minimum atomic E-state index is 0.575. The van der Waals surface area contributed by atoms with Crippen molar-refractivity contribution in [1.29, 1.82) is 0 Å². The topological polar surface area (TPSA) is 24.9 Å². The van der Waals surface area contributed by atoms with Gasteiger partial charge in [0.15, 0.2) is 0 Å². The highest BCUT2D eigenvalue weighted by Gasteiger charge is 2.15. The zero-order chi connectivity index (χ0) is 10.7. The Morgan fingerprint density at radius 1 is 1.33 bits per heavy atom. The summed E-state index contributed by atoms with van der Waals surface area (Å²) in [6.07, 6.45) is 6.96. The van der Waals surface area contributed by atoms with Crippen LogP contribution in [0.3, 0.4) is 0 Å². The van der Waals surface area contributed by atoms with Gasteiger partial charge < -0.3 is 5.32 Å². The first-order valence-electron chi connectivity index (χ1n) is 5.30. The largest absolute Gasteiger partial charge is 0.369 e. The van der Waals surface area contributed by atoms with Crippen LogP contribution in [0.25, 0.3) is 0 Å². The van der Waals surface area contributed by atoms with Crippen molar-refractivity contribution >= 4 is 29.0 Å². The average molecular weight is 245 g/mol. The molecule has 0 radical (unpaired) electrons. The third kappa shape index (κ3) is 2.99. The zero-order valence-corrected chi connectivity index (χ0v) is 9.98. The number of anilines is 1. The van der Waals surface area contributed by atoms with Crippen LogP contribution in [0.5, 0.6) is 0 Å². The summed E-state index contributed by atoms with van der Waals surface area (Å²) in [6, 6.07) is 1.72. The Labute approximate surface area is 100.0 Å². The van der Waals surface area contributed by atoms with Gasteiger partial charge in [-0.2, -0.15) is 0 Å². The van der Waals surface area contributed by atoms with Gasteiger partial charge in [0.1, 0.15) is 5.82 Å². The number of hydrogen-bond acceptors (Lipinski definition) is 2. The van der Waals surface area contributed by atoms with E-state index >= 15 is 0 Å². The van der Waals surface area contributed by atoms with Gasteiger partial charge in [-0.3, -0.25) is 0 Å². The number of pyridine rings is 1. The summed E-state index contributed by atoms with van der Waals surface area (Å²) < 4.78 is 0. The van der Waals surface area contributed by atoms with Gasteiger partial charge in [-0.25, -0.2) is 4.98 Å². The number of aromatic nitrogens is 1. The number of nitrogens with one attached hydrogen (secondary N) is 1. The van der Waals surface area contributed by atoms with Crippen LogP contribution in [0, 0.1) is 5.92 Å². The predicted octanol–water partition coefficient (Wildman–Crippen LogP) is 3.99. The highest BCUT2D eigenvalue weighted by atomic mass is 35.5. The van der Waals surface area contributed by atoms with E-state index in [4.69, 9.17) is 23.2 Å². The van der Waals surface area contributed by atoms with Crippen molar-refractivity contribution in [2.45, 2.75) is 25.7 Å². The van der Waals surface area contributed by atoms with Crippen LogP contribution in [0.15, 0.2) is 12.3 Å². The fourth-order valence-electron chi connectivity index (χ4n) is 2.00. The second-order valence-corrected chi connectivity index (χ2v) is 4.86. The molecule has 0 bridgehead atoms. The summed E-state index contributed by atoms with van der Waals surface area (Å²) in [6.45, 7) is 0.967. The second kappa shape index (κ2) is 5.04. The molecule has 1 heterocycles. The Morgan fingerprint density at radius 3 is 2.73 bits per heavy atom. The monoisotopic (exact) mass is 244 g/mol. The molecule has 4 heteroatoms. The summed E-state index contributed by atoms with van der Waals surface area (Å²) in [4.78, 5) is 4.16. The van der Waals surface area contributed by atoms with Gasteiger partial charge in [0.2, 0.25) is 0 Å². The minimum Gasteiger partial charge on any atom is -0.369 e. The predicted molar refractivity (Wildman–Crippen MR) is 64.7 cm³/mol. The smallest absolute Gasteiger partial charge is 0.144 e. The molecule has 1 saturated carbocycles. The van der Waals surface area contributed by atoms with Crippen LogP contribution in [0.1, 0.15) is 25.7 Å². The van der Waals surface area contributed by atoms with E-state index in [1.165, 1.54) is 25.7 Å². The van der Waals surface area contributed by atoms with Crippen molar-refractivity contribution in [2.24, 2.45) is 5.92 Å². The van der Waals surface area contributed by atoms with Crippen molar-refractivity contribution in [2.75, 3.05) is 11.9 Å². The molecule has 0 aliphatic heterocycles. The molecular formula is C11H14Cl2N2. The first kappa shape index (κ1) is 11.0. The number of nitrogens with zero attached hydrogens (tertiary/aromatic N) is 1. The van der Waals surface area contributed by atoms with Gasteiger partial charge in [0, 0.05) is 12.7 Å². The molecule has 0 atom stereocenters. The number of rotatable bonds is 3. The summed E-state index contributed by atoms with van der Waals surface area (Å²) in [5.41, 5.74) is 0. The third-order valence-corrected chi connectivity index (χ3v) is 3.34. The van der Waals surface area contributed by atoms with E-state index in [2.05, 4.69) is 10.3 Å². The number of hydrogen-bond donors (Lipinski definition) is 1. The van der Waals surface area contributed by atoms with Crippen LogP contribution in [-0.2, 0) is 0 Å². The molecule has 1 aliphatic rings. The standard InChI is InChI=1S/C11H14Cl2N2/c12-9-5-10(13)11(15-7-9)14-6-8-3-1-2-4-8/h5,7-8H,1-4,6H2,(H,14,15). The molecule has 15 heavy (non-hydrogen) atoms. The van der Waals surface area contributed by atoms with Crippen molar-refractivity contribution < 1.29 is 0 Å². The first-order chi connectivity index (χ1) is 7.25. The lowest BCUT2D eigenvalue weighted by Crippen LogP contribution is -2.12. The molecular weight excluding hydrogens is 231 g/mol. The van der Waals surface area contributed by atoms with Crippen molar-refractivity contribution in [3.8, 4) is 0 Å². The Morgan fingerprint density at radius 2 is 2.07 bits per heavy atom. The van der Waals surface area contributed by atoms with Crippen molar-refractivity contribution in [1.82, 2.24) is 4.98 Å². The van der Waals surface area contributed by atoms with Gasteiger partial charge in [-0.05, 0) is 24.8 Å². The highest BCUT2D eigenvalue weighted by Crippen LogP contribution is 2.27. The van der Waals surface area contributed by atoms with E-state index < -0.39 is 0 Å². The van der Waals surface area contributed by atoms with E-state index in [-0.39, 0.29) is 0 Å². The van der Waals surface area contributed by atoms with Gasteiger partial charge in [-0.1, -0.05) is 36.0 Å². The van der Waals surface area contributed by atoms with Crippen molar-refractivity contribution in [3.63, 3.8) is 0 Å². The van der Waals surface area contributed by atoms with E-state index in [1.54, 1.807) is 12.3 Å². The Kier molecular flexibility index (Phi) is 3.71. The molecule has 0 aromatic carbocycles. The first-order valence-corrected chi connectivity index (χ1v) is 6.06. The normalized spacial score (nSPS) is 16.9. The fourth-order valence-corrected chi connectivity index (χ4v) is 2.45. The molecule has 0 unspecified atom stereocenters. The molecule has 1 aliphatic carbocycles. The average Bonchev–Trinajstić information content (AvgIpc) is 2.69. The van der Waals surface area contributed by atoms with Gasteiger partial charge in [0.05, 0.1) is 10.0 Å². The quantitative estimate of drug-likeness (QED) is 0.870. The molecule has 82 valence electrons. The van der Waals surface area contributed by atoms with Gasteiger partial charge in [0.25, 0.3) is 0 Å². The van der Waals surface area contributed by atoms with E-state index in [1.807, 2.05) is 0 Å². The number of halogens is 2. The molecule has 1 aromatic rings. The van der Waals surface area contributed by atoms with E-state index in [0.717, 1.165) is 18.3 Å². The molecule has 1 fully saturated rings. The zero-order valence-electron chi connectivity index (χ0n) is 8.47. The maximum absolute atomic E-state index is 6.01. The van der Waals surface area contributed by atoms with Crippen LogP contribution in [-0.4, -0.2) is 11.5 Å². The van der Waals surface area contributed by atoms with Crippen LogP contribution >= 0.6 is 23.2 Å². The summed E-state index contributed by atoms with van der Waals surface area (Å²) >= 11 is 11.8. The lowest BCUT2D eigenvalue weighted by atomic mass is 10.1. The summed E-state index contributed by atoms with van der Waals surface area (Å²) in [5, 5.41) is 4.45. The minimum absolute atomic E-state index is 0.575. The van der Waals surface area contributed by atoms with E-state index in [0.29, 0.717) is 10.0 Å². The van der Waals surface area contributed by atoms with Crippen molar-refractivity contribution in [3.05, 3.63) is 22.3 Å². The third-order valence-electron chi connectivity index (χ3n) is 2.84. The molecule has 1 N–H and O–H groups in total. The lowest BCUT2D eigenvalue weighted by Gasteiger charge is -2.11. The highest BCUT2D eigenvalue weighted by molar-refractivity contribution is 6.35. The molecule has 0 saturated heterocycles. The van der Waals surface area contributed by atoms with Gasteiger partial charge >= 0.3 is 0 Å². The lowest BCUT2D eigenvalue weighted by molar-refractivity contribution is 0.579. The summed E-state index contributed by atoms with van der Waals surface area (Å²) in [5.74, 6) is 1.52. The molecule has 1 aromatic heterocycles. The Balaban J connectivity index is 1.92. The maximum Gasteiger partial charge on any atom is 0.144 e. The van der Waals surface area contributed by atoms with Crippen LogP contribution in [0.4, 0.5) is 5.82 Å². The Hall–Kier alpha value is -0.470. The molecule has 2 rings (SSSR count). The molecule has 0 amide bonds. The maximum atomic E-state index is 6.01.